The molecule has 0 atom stereocenters. The quantitative estimate of drug-likeness (QED) is 0.706. The largest absolute Gasteiger partial charge is 0.361 e. The third-order valence-corrected chi connectivity index (χ3v) is 3.05. The number of urea groups is 1. The maximum atomic E-state index is 13.2. The van der Waals surface area contributed by atoms with Crippen LogP contribution in [0, 0.1) is 5.82 Å². The molecule has 0 saturated heterocycles. The van der Waals surface area contributed by atoms with Crippen LogP contribution >= 0.6 is 0 Å². The van der Waals surface area contributed by atoms with Crippen LogP contribution < -0.4 is 10.6 Å². The van der Waals surface area contributed by atoms with E-state index in [2.05, 4.69) is 15.6 Å². The average molecular weight is 299 g/mol. The summed E-state index contributed by atoms with van der Waals surface area (Å²) in [4.78, 5) is 14.2. The van der Waals surface area contributed by atoms with Gasteiger partial charge in [0.25, 0.3) is 6.43 Å². The Morgan fingerprint density at radius 3 is 2.86 bits per heavy atom. The summed E-state index contributed by atoms with van der Waals surface area (Å²) in [6.07, 6.45) is 0.530. The van der Waals surface area contributed by atoms with Crippen LogP contribution in [0.2, 0.25) is 0 Å². The molecular formula is C14H16F3N3O. The monoisotopic (exact) mass is 299 g/mol. The van der Waals surface area contributed by atoms with E-state index in [1.54, 1.807) is 12.3 Å². The van der Waals surface area contributed by atoms with Gasteiger partial charge in [-0.25, -0.2) is 18.0 Å². The standard InChI is InChI=1S/C14H16F3N3O/c15-10-3-4-12-11(6-10)9(7-19-12)2-1-5-18-14(21)20-8-13(16)17/h3-4,6-7,13,19H,1-2,5,8H2,(H2,18,20,21). The number of H-pyrrole nitrogens is 1. The number of aromatic nitrogens is 1. The number of nitrogens with one attached hydrogen (secondary N) is 3. The molecule has 7 heteroatoms. The van der Waals surface area contributed by atoms with E-state index < -0.39 is 19.0 Å². The number of aromatic amines is 1. The first-order chi connectivity index (χ1) is 10.1. The Balaban J connectivity index is 1.78. The maximum absolute atomic E-state index is 13.2. The lowest BCUT2D eigenvalue weighted by atomic mass is 10.1. The van der Waals surface area contributed by atoms with Crippen molar-refractivity contribution in [3.8, 4) is 0 Å². The summed E-state index contributed by atoms with van der Waals surface area (Å²) < 4.78 is 36.9. The number of carbonyl (C=O) groups is 1. The second-order valence-electron chi connectivity index (χ2n) is 4.64. The highest BCUT2D eigenvalue weighted by Crippen LogP contribution is 2.20. The van der Waals surface area contributed by atoms with Gasteiger partial charge in [0.15, 0.2) is 0 Å². The van der Waals surface area contributed by atoms with Crippen molar-refractivity contribution in [2.45, 2.75) is 19.3 Å². The van der Waals surface area contributed by atoms with Crippen molar-refractivity contribution in [2.24, 2.45) is 0 Å². The maximum Gasteiger partial charge on any atom is 0.314 e. The van der Waals surface area contributed by atoms with Crippen molar-refractivity contribution in [1.29, 1.82) is 0 Å². The minimum Gasteiger partial charge on any atom is -0.361 e. The fourth-order valence-corrected chi connectivity index (χ4v) is 2.07. The molecule has 0 radical (unpaired) electrons. The Morgan fingerprint density at radius 2 is 2.10 bits per heavy atom. The fraction of sp³-hybridized carbons (Fsp3) is 0.357. The lowest BCUT2D eigenvalue weighted by Crippen LogP contribution is -2.38. The van der Waals surface area contributed by atoms with Gasteiger partial charge in [-0.2, -0.15) is 0 Å². The van der Waals surface area contributed by atoms with Gasteiger partial charge in [0.05, 0.1) is 6.54 Å². The summed E-state index contributed by atoms with van der Waals surface area (Å²) in [7, 11) is 0. The van der Waals surface area contributed by atoms with E-state index in [4.69, 9.17) is 0 Å². The Labute approximate surface area is 119 Å². The molecule has 0 spiro atoms. The molecule has 2 amide bonds. The predicted molar refractivity (Wildman–Crippen MR) is 74.0 cm³/mol. The number of hydrogen-bond acceptors (Lipinski definition) is 1. The van der Waals surface area contributed by atoms with E-state index in [9.17, 15) is 18.0 Å². The molecule has 4 nitrogen and oxygen atoms in total. The van der Waals surface area contributed by atoms with Crippen molar-refractivity contribution in [1.82, 2.24) is 15.6 Å². The molecule has 0 bridgehead atoms. The number of aryl methyl sites for hydroxylation is 1. The zero-order valence-electron chi connectivity index (χ0n) is 11.3. The van der Waals surface area contributed by atoms with Crippen LogP contribution in [-0.4, -0.2) is 30.5 Å². The van der Waals surface area contributed by atoms with Crippen LogP contribution in [-0.2, 0) is 6.42 Å². The zero-order valence-corrected chi connectivity index (χ0v) is 11.3. The highest BCUT2D eigenvalue weighted by atomic mass is 19.3. The number of carbonyl (C=O) groups excluding carboxylic acids is 1. The smallest absolute Gasteiger partial charge is 0.314 e. The van der Waals surface area contributed by atoms with Crippen molar-refractivity contribution in [3.05, 3.63) is 35.8 Å². The second kappa shape index (κ2) is 7.01. The molecule has 3 N–H and O–H groups in total. The third-order valence-electron chi connectivity index (χ3n) is 3.05. The molecule has 1 aromatic carbocycles. The molecule has 0 aliphatic rings. The number of rotatable bonds is 6. The molecule has 0 saturated carbocycles. The van der Waals surface area contributed by atoms with E-state index in [1.165, 1.54) is 12.1 Å². The topological polar surface area (TPSA) is 56.9 Å². The number of halogens is 3. The minimum atomic E-state index is -2.56. The lowest BCUT2D eigenvalue weighted by molar-refractivity contribution is 0.146. The molecule has 0 unspecified atom stereocenters. The first-order valence-corrected chi connectivity index (χ1v) is 6.61. The van der Waals surface area contributed by atoms with Crippen molar-refractivity contribution < 1.29 is 18.0 Å². The molecule has 114 valence electrons. The van der Waals surface area contributed by atoms with E-state index in [1.807, 2.05) is 0 Å². The first kappa shape index (κ1) is 15.2. The first-order valence-electron chi connectivity index (χ1n) is 6.61. The molecule has 1 aromatic heterocycles. The third kappa shape index (κ3) is 4.40. The molecule has 0 aliphatic carbocycles. The molecule has 0 fully saturated rings. The van der Waals surface area contributed by atoms with Crippen LogP contribution in [0.4, 0.5) is 18.0 Å². The van der Waals surface area contributed by atoms with Crippen molar-refractivity contribution in [3.63, 3.8) is 0 Å². The van der Waals surface area contributed by atoms with E-state index in [0.717, 1.165) is 16.5 Å². The Kier molecular flexibility index (Phi) is 5.08. The predicted octanol–water partition coefficient (Wildman–Crippen LogP) is 2.80. The summed E-state index contributed by atoms with van der Waals surface area (Å²) in [6.45, 7) is -0.301. The number of alkyl halides is 2. The van der Waals surface area contributed by atoms with Crippen LogP contribution in [0.5, 0.6) is 0 Å². The minimum absolute atomic E-state index is 0.298. The number of amides is 2. The second-order valence-corrected chi connectivity index (χ2v) is 4.64. The number of fused-ring (bicyclic) bond motifs is 1. The van der Waals surface area contributed by atoms with Gasteiger partial charge in [0, 0.05) is 23.6 Å². The van der Waals surface area contributed by atoms with Crippen LogP contribution in [0.15, 0.2) is 24.4 Å². The van der Waals surface area contributed by atoms with E-state index in [0.29, 0.717) is 19.4 Å². The van der Waals surface area contributed by atoms with Crippen LogP contribution in [0.3, 0.4) is 0 Å². The fourth-order valence-electron chi connectivity index (χ4n) is 2.07. The van der Waals surface area contributed by atoms with E-state index >= 15 is 0 Å². The summed E-state index contributed by atoms with van der Waals surface area (Å²) in [6, 6.07) is 3.91. The van der Waals surface area contributed by atoms with Crippen molar-refractivity contribution >= 4 is 16.9 Å². The van der Waals surface area contributed by atoms with Crippen LogP contribution in [0.1, 0.15) is 12.0 Å². The SMILES string of the molecule is O=C(NCCCc1c[nH]c2ccc(F)cc12)NCC(F)F. The van der Waals surface area contributed by atoms with E-state index in [-0.39, 0.29) is 5.82 Å². The highest BCUT2D eigenvalue weighted by Gasteiger charge is 2.07. The van der Waals surface area contributed by atoms with Gasteiger partial charge < -0.3 is 15.6 Å². The molecule has 0 aliphatic heterocycles. The summed E-state index contributed by atoms with van der Waals surface area (Å²) in [5.74, 6) is -0.298. The van der Waals surface area contributed by atoms with Gasteiger partial charge in [-0.05, 0) is 36.6 Å². The molecule has 2 rings (SSSR count). The highest BCUT2D eigenvalue weighted by molar-refractivity contribution is 5.83. The van der Waals surface area contributed by atoms with Gasteiger partial charge in [-0.3, -0.25) is 0 Å². The molecule has 2 aromatic rings. The summed E-state index contributed by atoms with van der Waals surface area (Å²) >= 11 is 0. The molecule has 1 heterocycles. The van der Waals surface area contributed by atoms with Gasteiger partial charge in [0.2, 0.25) is 0 Å². The molecular weight excluding hydrogens is 283 g/mol. The Bertz CT molecular complexity index is 613. The van der Waals surface area contributed by atoms with Crippen LogP contribution in [0.25, 0.3) is 10.9 Å². The summed E-state index contributed by atoms with van der Waals surface area (Å²) in [5, 5.41) is 5.37. The number of benzene rings is 1. The number of hydrogen-bond donors (Lipinski definition) is 3. The lowest BCUT2D eigenvalue weighted by Gasteiger charge is -2.06. The van der Waals surface area contributed by atoms with Gasteiger partial charge >= 0.3 is 6.03 Å². The summed E-state index contributed by atoms with van der Waals surface area (Å²) in [5.41, 5.74) is 1.81. The molecule has 21 heavy (non-hydrogen) atoms. The van der Waals surface area contributed by atoms with Crippen molar-refractivity contribution in [2.75, 3.05) is 13.1 Å². The Hall–Kier alpha value is -2.18. The normalized spacial score (nSPS) is 11.0. The van der Waals surface area contributed by atoms with Gasteiger partial charge in [0.1, 0.15) is 5.82 Å². The average Bonchev–Trinajstić information content (AvgIpc) is 2.83. The zero-order chi connectivity index (χ0) is 15.2. The van der Waals surface area contributed by atoms with Gasteiger partial charge in [-0.15, -0.1) is 0 Å². The Morgan fingerprint density at radius 1 is 1.29 bits per heavy atom. The van der Waals surface area contributed by atoms with Gasteiger partial charge in [-0.1, -0.05) is 0 Å².